The Balaban J connectivity index is 1.51. The Labute approximate surface area is 206 Å². The van der Waals surface area contributed by atoms with Crippen molar-refractivity contribution in [2.75, 3.05) is 4.90 Å². The van der Waals surface area contributed by atoms with Gasteiger partial charge in [0.1, 0.15) is 6.61 Å². The lowest BCUT2D eigenvalue weighted by atomic mass is 10.1. The Kier molecular flexibility index (Phi) is 6.88. The second-order valence-corrected chi connectivity index (χ2v) is 9.21. The maximum atomic E-state index is 12.8. The first kappa shape index (κ1) is 23.1. The fraction of sp³-hybridized carbons (Fsp3) is 0.0417. The molecule has 0 aromatic heterocycles. The highest BCUT2D eigenvalue weighted by Gasteiger charge is 2.36. The van der Waals surface area contributed by atoms with Crippen molar-refractivity contribution in [3.8, 4) is 5.75 Å². The number of para-hydroxylation sites is 1. The summed E-state index contributed by atoms with van der Waals surface area (Å²) in [5, 5.41) is 8.94. The number of benzene rings is 3. The number of hydrogen-bond donors (Lipinski definition) is 1. The SMILES string of the molecule is O=C(O)c1ccc(COc2c(Cl)cc(/C=C3\SC(=O)N(c4ccccc4)C3=O)cc2Br)cc1. The lowest BCUT2D eigenvalue weighted by molar-refractivity contribution is -0.113. The highest BCUT2D eigenvalue weighted by Crippen LogP contribution is 2.39. The van der Waals surface area contributed by atoms with E-state index in [1.54, 1.807) is 54.6 Å². The van der Waals surface area contributed by atoms with Crippen LogP contribution in [0.15, 0.2) is 76.1 Å². The molecule has 2 amide bonds. The van der Waals surface area contributed by atoms with Crippen molar-refractivity contribution in [3.63, 3.8) is 0 Å². The Morgan fingerprint density at radius 3 is 2.42 bits per heavy atom. The first-order chi connectivity index (χ1) is 15.8. The van der Waals surface area contributed by atoms with E-state index in [-0.39, 0.29) is 17.4 Å². The number of nitrogens with zero attached hydrogens (tertiary/aromatic N) is 1. The van der Waals surface area contributed by atoms with Gasteiger partial charge in [-0.1, -0.05) is 41.9 Å². The zero-order chi connectivity index (χ0) is 23.5. The normalized spacial score (nSPS) is 14.7. The average Bonchev–Trinajstić information content (AvgIpc) is 3.06. The third-order valence-electron chi connectivity index (χ3n) is 4.71. The minimum Gasteiger partial charge on any atom is -0.486 e. The molecule has 0 spiro atoms. The van der Waals surface area contributed by atoms with Crippen molar-refractivity contribution in [2.45, 2.75) is 6.61 Å². The number of halogens is 2. The molecule has 0 unspecified atom stereocenters. The van der Waals surface area contributed by atoms with Gasteiger partial charge in [-0.3, -0.25) is 9.59 Å². The number of hydrogen-bond acceptors (Lipinski definition) is 5. The van der Waals surface area contributed by atoms with Gasteiger partial charge in [-0.25, -0.2) is 9.69 Å². The van der Waals surface area contributed by atoms with Gasteiger partial charge in [-0.15, -0.1) is 0 Å². The number of thioether (sulfide) groups is 1. The van der Waals surface area contributed by atoms with E-state index in [1.165, 1.54) is 12.1 Å². The Hall–Kier alpha value is -3.07. The van der Waals surface area contributed by atoms with Crippen molar-refractivity contribution in [2.24, 2.45) is 0 Å². The molecule has 9 heteroatoms. The van der Waals surface area contributed by atoms with Crippen molar-refractivity contribution >= 4 is 68.2 Å². The number of carbonyl (C=O) groups is 3. The fourth-order valence-corrected chi connectivity index (χ4v) is 4.95. The Morgan fingerprint density at radius 1 is 1.09 bits per heavy atom. The van der Waals surface area contributed by atoms with Crippen LogP contribution in [0.3, 0.4) is 0 Å². The maximum absolute atomic E-state index is 12.8. The lowest BCUT2D eigenvalue weighted by Gasteiger charge is -2.12. The fourth-order valence-electron chi connectivity index (χ4n) is 3.12. The second-order valence-electron chi connectivity index (χ2n) is 6.96. The molecule has 3 aromatic carbocycles. The predicted octanol–water partition coefficient (Wildman–Crippen LogP) is 6.62. The number of carboxylic acid groups (broad SMARTS) is 1. The zero-order valence-electron chi connectivity index (χ0n) is 16.8. The van der Waals surface area contributed by atoms with E-state index in [9.17, 15) is 14.4 Å². The van der Waals surface area contributed by atoms with Gasteiger partial charge in [0.25, 0.3) is 11.1 Å². The second kappa shape index (κ2) is 9.82. The summed E-state index contributed by atoms with van der Waals surface area (Å²) in [6.07, 6.45) is 1.61. The Bertz CT molecular complexity index is 1250. The molecule has 1 N–H and O–H groups in total. The third kappa shape index (κ3) is 5.13. The summed E-state index contributed by atoms with van der Waals surface area (Å²) in [6, 6.07) is 18.5. The molecule has 0 saturated carbocycles. The minimum atomic E-state index is -0.995. The molecule has 0 aliphatic carbocycles. The summed E-state index contributed by atoms with van der Waals surface area (Å²) < 4.78 is 6.39. The molecule has 1 heterocycles. The summed E-state index contributed by atoms with van der Waals surface area (Å²) in [6.45, 7) is 0.188. The standard InChI is InChI=1S/C24H15BrClNO5S/c25-18-10-15(12-20-22(28)27(24(31)33-20)17-4-2-1-3-5-17)11-19(26)21(18)32-13-14-6-8-16(9-7-14)23(29)30/h1-12H,13H2,(H,29,30)/b20-12-. The van der Waals surface area contributed by atoms with E-state index in [4.69, 9.17) is 21.4 Å². The van der Waals surface area contributed by atoms with Crippen molar-refractivity contribution < 1.29 is 24.2 Å². The monoisotopic (exact) mass is 543 g/mol. The minimum absolute atomic E-state index is 0.188. The molecule has 1 saturated heterocycles. The third-order valence-corrected chi connectivity index (χ3v) is 6.45. The maximum Gasteiger partial charge on any atom is 0.335 e. The number of anilines is 1. The highest BCUT2D eigenvalue weighted by molar-refractivity contribution is 9.10. The summed E-state index contributed by atoms with van der Waals surface area (Å²) in [7, 11) is 0. The molecule has 166 valence electrons. The number of ether oxygens (including phenoxy) is 1. The van der Waals surface area contributed by atoms with Crippen LogP contribution in [0.4, 0.5) is 10.5 Å². The molecule has 1 fully saturated rings. The molecule has 3 aromatic rings. The largest absolute Gasteiger partial charge is 0.486 e. The van der Waals surface area contributed by atoms with Crippen molar-refractivity contribution in [1.29, 1.82) is 0 Å². The molecule has 4 rings (SSSR count). The molecule has 1 aliphatic rings. The lowest BCUT2D eigenvalue weighted by Crippen LogP contribution is -2.27. The molecular formula is C24H15BrClNO5S. The van der Waals surface area contributed by atoms with Crippen LogP contribution in [0.5, 0.6) is 5.75 Å². The van der Waals surface area contributed by atoms with Gasteiger partial charge in [-0.2, -0.15) is 0 Å². The van der Waals surface area contributed by atoms with E-state index in [1.807, 2.05) is 6.07 Å². The van der Waals surface area contributed by atoms with Gasteiger partial charge in [-0.05, 0) is 81.3 Å². The predicted molar refractivity (Wildman–Crippen MR) is 132 cm³/mol. The summed E-state index contributed by atoms with van der Waals surface area (Å²) >= 11 is 10.7. The van der Waals surface area contributed by atoms with Crippen LogP contribution in [0.25, 0.3) is 6.08 Å². The molecule has 0 atom stereocenters. The quantitative estimate of drug-likeness (QED) is 0.351. The van der Waals surface area contributed by atoms with Gasteiger partial charge in [0.2, 0.25) is 0 Å². The molecule has 33 heavy (non-hydrogen) atoms. The average molecular weight is 545 g/mol. The van der Waals surface area contributed by atoms with E-state index in [0.29, 0.717) is 31.4 Å². The van der Waals surface area contributed by atoms with Crippen LogP contribution in [0.2, 0.25) is 5.02 Å². The van der Waals surface area contributed by atoms with Crippen molar-refractivity contribution in [3.05, 3.63) is 97.8 Å². The molecule has 0 bridgehead atoms. The number of carboxylic acids is 1. The van der Waals surface area contributed by atoms with Gasteiger partial charge in [0.15, 0.2) is 5.75 Å². The van der Waals surface area contributed by atoms with E-state index >= 15 is 0 Å². The number of amides is 2. The van der Waals surface area contributed by atoms with Gasteiger partial charge in [0.05, 0.1) is 25.7 Å². The van der Waals surface area contributed by atoms with Crippen LogP contribution < -0.4 is 9.64 Å². The molecular weight excluding hydrogens is 530 g/mol. The van der Waals surface area contributed by atoms with Crippen LogP contribution >= 0.6 is 39.3 Å². The number of imide groups is 1. The smallest absolute Gasteiger partial charge is 0.335 e. The van der Waals surface area contributed by atoms with Crippen molar-refractivity contribution in [1.82, 2.24) is 0 Å². The van der Waals surface area contributed by atoms with Gasteiger partial charge >= 0.3 is 5.97 Å². The summed E-state index contributed by atoms with van der Waals surface area (Å²) in [4.78, 5) is 37.6. The molecule has 0 radical (unpaired) electrons. The highest BCUT2D eigenvalue weighted by atomic mass is 79.9. The van der Waals surface area contributed by atoms with Crippen LogP contribution in [0, 0.1) is 0 Å². The van der Waals surface area contributed by atoms with E-state index in [2.05, 4.69) is 15.9 Å². The summed E-state index contributed by atoms with van der Waals surface area (Å²) in [5.74, 6) is -0.979. The number of rotatable bonds is 6. The van der Waals surface area contributed by atoms with Crippen LogP contribution in [-0.2, 0) is 11.4 Å². The van der Waals surface area contributed by atoms with Gasteiger partial charge in [0, 0.05) is 0 Å². The first-order valence-corrected chi connectivity index (χ1v) is 11.6. The number of aromatic carboxylic acids is 1. The topological polar surface area (TPSA) is 83.9 Å². The van der Waals surface area contributed by atoms with E-state index in [0.717, 1.165) is 22.2 Å². The summed E-state index contributed by atoms with van der Waals surface area (Å²) in [5.41, 5.74) is 2.12. The molecule has 1 aliphatic heterocycles. The first-order valence-electron chi connectivity index (χ1n) is 9.60. The zero-order valence-corrected chi connectivity index (χ0v) is 20.0. The van der Waals surface area contributed by atoms with Crippen LogP contribution in [-0.4, -0.2) is 22.2 Å². The Morgan fingerprint density at radius 2 is 1.79 bits per heavy atom. The van der Waals surface area contributed by atoms with E-state index < -0.39 is 11.9 Å². The number of carbonyl (C=O) groups excluding carboxylic acids is 2. The van der Waals surface area contributed by atoms with Gasteiger partial charge < -0.3 is 9.84 Å². The van der Waals surface area contributed by atoms with Crippen LogP contribution in [0.1, 0.15) is 21.5 Å². The molecule has 6 nitrogen and oxygen atoms in total.